The summed E-state index contributed by atoms with van der Waals surface area (Å²) in [7, 11) is 0. The number of hydrogen-bond donors (Lipinski definition) is 3. The summed E-state index contributed by atoms with van der Waals surface area (Å²) in [6, 6.07) is 10.7. The van der Waals surface area contributed by atoms with Crippen molar-refractivity contribution in [1.82, 2.24) is 9.97 Å². The number of pyridine rings is 1. The van der Waals surface area contributed by atoms with Crippen LogP contribution in [-0.2, 0) is 10.8 Å². The maximum Gasteiger partial charge on any atom is 0.305 e. The predicted octanol–water partition coefficient (Wildman–Crippen LogP) is 4.79. The molecule has 6 nitrogen and oxygen atoms in total. The van der Waals surface area contributed by atoms with E-state index in [9.17, 15) is 14.7 Å². The predicted molar refractivity (Wildman–Crippen MR) is 126 cm³/mol. The topological polar surface area (TPSA) is 95.2 Å². The quantitative estimate of drug-likeness (QED) is 0.427. The van der Waals surface area contributed by atoms with Gasteiger partial charge in [0, 0.05) is 16.9 Å². The Balaban J connectivity index is 1.74. The van der Waals surface area contributed by atoms with Crippen molar-refractivity contribution in [3.05, 3.63) is 67.5 Å². The van der Waals surface area contributed by atoms with Gasteiger partial charge in [0.15, 0.2) is 0 Å². The molecule has 4 aromatic rings. The largest absolute Gasteiger partial charge is 0.506 e. The van der Waals surface area contributed by atoms with Gasteiger partial charge in [0.05, 0.1) is 16.8 Å². The molecule has 0 unspecified atom stereocenters. The lowest BCUT2D eigenvalue weighted by atomic mass is 9.84. The van der Waals surface area contributed by atoms with Crippen molar-refractivity contribution in [3.8, 4) is 11.5 Å². The summed E-state index contributed by atoms with van der Waals surface area (Å²) >= 11 is 1.08. The minimum Gasteiger partial charge on any atom is -0.506 e. The molecule has 0 amide bonds. The number of aromatic hydroxyl groups is 1. The van der Waals surface area contributed by atoms with Crippen LogP contribution in [-0.4, -0.2) is 21.7 Å². The highest BCUT2D eigenvalue weighted by molar-refractivity contribution is 7.16. The summed E-state index contributed by atoms with van der Waals surface area (Å²) in [5, 5.41) is 11.0. The molecule has 0 radical (unpaired) electrons. The van der Waals surface area contributed by atoms with E-state index in [1.54, 1.807) is 6.07 Å². The maximum atomic E-state index is 12.0. The van der Waals surface area contributed by atoms with E-state index in [-0.39, 0.29) is 21.6 Å². The molecule has 0 atom stereocenters. The van der Waals surface area contributed by atoms with E-state index in [0.717, 1.165) is 32.5 Å². The van der Waals surface area contributed by atoms with Crippen LogP contribution in [0.25, 0.3) is 21.1 Å². The molecule has 3 N–H and O–H groups in total. The molecule has 7 heteroatoms. The number of aromatic nitrogens is 2. The van der Waals surface area contributed by atoms with Crippen molar-refractivity contribution in [2.45, 2.75) is 45.4 Å². The fourth-order valence-corrected chi connectivity index (χ4v) is 4.94. The molecule has 0 aliphatic rings. The number of phenols is 1. The fourth-order valence-electron chi connectivity index (χ4n) is 3.89. The molecular weight excluding hydrogens is 412 g/mol. The SMILES string of the molecule is CC(C)(C)c1ccc(OCC(C)(C)c2ccc(O)c3[nH]c(=O)sc23)c2[nH]c(=O)ccc12. The molecule has 0 aliphatic carbocycles. The van der Waals surface area contributed by atoms with Crippen LogP contribution in [0.2, 0.25) is 0 Å². The second-order valence-corrected chi connectivity index (χ2v) is 10.5. The molecule has 0 fully saturated rings. The zero-order valence-electron chi connectivity index (χ0n) is 18.3. The van der Waals surface area contributed by atoms with Gasteiger partial charge >= 0.3 is 4.87 Å². The van der Waals surface area contributed by atoms with E-state index < -0.39 is 5.41 Å². The standard InChI is InChI=1S/C24H26N2O4S/c1-23(2,3)14-8-10-17(19-13(14)6-11-18(28)25-19)30-12-24(4,5)15-7-9-16(27)20-21(15)31-22(29)26-20/h6-11,27H,12H2,1-5H3,(H,25,28)(H,26,29). The van der Waals surface area contributed by atoms with Crippen molar-refractivity contribution < 1.29 is 9.84 Å². The first kappa shape index (κ1) is 21.2. The highest BCUT2D eigenvalue weighted by Crippen LogP contribution is 2.37. The third-order valence-electron chi connectivity index (χ3n) is 5.54. The molecule has 2 aromatic heterocycles. The Labute approximate surface area is 183 Å². The summed E-state index contributed by atoms with van der Waals surface area (Å²) < 4.78 is 6.95. The first-order valence-corrected chi connectivity index (χ1v) is 10.9. The van der Waals surface area contributed by atoms with E-state index in [4.69, 9.17) is 4.74 Å². The van der Waals surface area contributed by atoms with Gasteiger partial charge in [-0.05, 0) is 34.7 Å². The van der Waals surface area contributed by atoms with E-state index in [2.05, 4.69) is 30.7 Å². The molecule has 0 aliphatic heterocycles. The zero-order chi connectivity index (χ0) is 22.6. The van der Waals surface area contributed by atoms with Gasteiger partial charge in [-0.15, -0.1) is 0 Å². The third kappa shape index (κ3) is 3.85. The number of H-pyrrole nitrogens is 2. The molecule has 162 valence electrons. The normalized spacial score (nSPS) is 12.5. The molecule has 0 saturated carbocycles. The number of nitrogens with one attached hydrogen (secondary N) is 2. The second kappa shape index (κ2) is 7.27. The minimum absolute atomic E-state index is 0.0511. The number of fused-ring (bicyclic) bond motifs is 2. The number of thiazole rings is 1. The summed E-state index contributed by atoms with van der Waals surface area (Å²) in [5.41, 5.74) is 2.44. The summed E-state index contributed by atoms with van der Waals surface area (Å²) in [6.45, 7) is 10.8. The van der Waals surface area contributed by atoms with Crippen LogP contribution < -0.4 is 15.2 Å². The van der Waals surface area contributed by atoms with Crippen molar-refractivity contribution >= 4 is 32.5 Å². The number of rotatable bonds is 4. The van der Waals surface area contributed by atoms with Crippen LogP contribution in [0.15, 0.2) is 46.0 Å². The Morgan fingerprint density at radius 2 is 1.61 bits per heavy atom. The van der Waals surface area contributed by atoms with Crippen LogP contribution >= 0.6 is 11.3 Å². The third-order valence-corrected chi connectivity index (χ3v) is 6.46. The fraction of sp³-hybridized carbons (Fsp3) is 0.333. The van der Waals surface area contributed by atoms with Crippen molar-refractivity contribution in [1.29, 1.82) is 0 Å². The highest BCUT2D eigenvalue weighted by atomic mass is 32.1. The van der Waals surface area contributed by atoms with E-state index in [1.165, 1.54) is 6.07 Å². The number of phenolic OH excluding ortho intramolecular Hbond substituents is 1. The number of aromatic amines is 2. The first-order valence-electron chi connectivity index (χ1n) is 10.1. The molecule has 4 rings (SSSR count). The Kier molecular flexibility index (Phi) is 4.97. The first-order chi connectivity index (χ1) is 14.5. The Morgan fingerprint density at radius 1 is 0.903 bits per heavy atom. The van der Waals surface area contributed by atoms with Crippen LogP contribution in [0.1, 0.15) is 45.7 Å². The number of benzene rings is 2. The van der Waals surface area contributed by atoms with Crippen LogP contribution in [0.5, 0.6) is 11.5 Å². The Morgan fingerprint density at radius 3 is 2.32 bits per heavy atom. The average Bonchev–Trinajstić information content (AvgIpc) is 3.07. The molecule has 0 saturated heterocycles. The number of ether oxygens (including phenoxy) is 1. The molecule has 2 heterocycles. The van der Waals surface area contributed by atoms with Crippen molar-refractivity contribution in [3.63, 3.8) is 0 Å². The summed E-state index contributed by atoms with van der Waals surface area (Å²) in [4.78, 5) is 29.3. The molecular formula is C24H26N2O4S. The van der Waals surface area contributed by atoms with Gasteiger partial charge in [-0.25, -0.2) is 0 Å². The Bertz CT molecular complexity index is 1400. The van der Waals surface area contributed by atoms with Crippen LogP contribution in [0, 0.1) is 0 Å². The van der Waals surface area contributed by atoms with E-state index in [1.807, 2.05) is 38.1 Å². The Hall–Kier alpha value is -3.06. The smallest absolute Gasteiger partial charge is 0.305 e. The monoisotopic (exact) mass is 438 g/mol. The van der Waals surface area contributed by atoms with Gasteiger partial charge < -0.3 is 19.8 Å². The maximum absolute atomic E-state index is 12.0. The van der Waals surface area contributed by atoms with Gasteiger partial charge in [0.1, 0.15) is 17.0 Å². The minimum atomic E-state index is -0.457. The highest BCUT2D eigenvalue weighted by Gasteiger charge is 2.27. The lowest BCUT2D eigenvalue weighted by Crippen LogP contribution is -2.26. The van der Waals surface area contributed by atoms with E-state index in [0.29, 0.717) is 23.4 Å². The van der Waals surface area contributed by atoms with Crippen LogP contribution in [0.4, 0.5) is 0 Å². The van der Waals surface area contributed by atoms with Gasteiger partial charge in [0.25, 0.3) is 0 Å². The van der Waals surface area contributed by atoms with Crippen LogP contribution in [0.3, 0.4) is 0 Å². The molecule has 0 spiro atoms. The van der Waals surface area contributed by atoms with Gasteiger partial charge in [0.2, 0.25) is 5.56 Å². The lowest BCUT2D eigenvalue weighted by molar-refractivity contribution is 0.244. The molecule has 0 bridgehead atoms. The van der Waals surface area contributed by atoms with Crippen molar-refractivity contribution in [2.75, 3.05) is 6.61 Å². The van der Waals surface area contributed by atoms with E-state index >= 15 is 0 Å². The van der Waals surface area contributed by atoms with Gasteiger partial charge in [-0.1, -0.05) is 58.1 Å². The summed E-state index contributed by atoms with van der Waals surface area (Å²) in [5.74, 6) is 0.654. The van der Waals surface area contributed by atoms with Gasteiger partial charge in [-0.2, -0.15) is 0 Å². The zero-order valence-corrected chi connectivity index (χ0v) is 19.1. The second-order valence-electron chi connectivity index (χ2n) is 9.50. The van der Waals surface area contributed by atoms with Crippen molar-refractivity contribution in [2.24, 2.45) is 0 Å². The average molecular weight is 439 g/mol. The number of hydrogen-bond acceptors (Lipinski definition) is 5. The van der Waals surface area contributed by atoms with Gasteiger partial charge in [-0.3, -0.25) is 9.59 Å². The summed E-state index contributed by atoms with van der Waals surface area (Å²) in [6.07, 6.45) is 0. The lowest BCUT2D eigenvalue weighted by Gasteiger charge is -2.27. The molecule has 31 heavy (non-hydrogen) atoms. The molecule has 2 aromatic carbocycles.